The Kier molecular flexibility index (Phi) is 10.2. The molecule has 0 saturated carbocycles. The number of hydrogen-bond donors (Lipinski definition) is 10. The molecule has 0 aromatic carbocycles. The second-order valence-electron chi connectivity index (χ2n) is 8.82. The Morgan fingerprint density at radius 3 is 1.73 bits per heavy atom. The minimum atomic E-state index is -5.23. The quantitative estimate of drug-likeness (QED) is 0.122. The fourth-order valence-corrected chi connectivity index (χ4v) is 4.72. The number of hydrogen-bond acceptors (Lipinski definition) is 17. The summed E-state index contributed by atoms with van der Waals surface area (Å²) < 4.78 is 62.3. The molecule has 3 rings (SSSR count). The predicted octanol–water partition coefficient (Wildman–Crippen LogP) is -6.72. The summed E-state index contributed by atoms with van der Waals surface area (Å²) in [7, 11) is -5.23. The molecule has 0 aliphatic carbocycles. The van der Waals surface area contributed by atoms with Gasteiger partial charge in [-0.05, 0) is 6.92 Å². The van der Waals surface area contributed by atoms with E-state index in [4.69, 9.17) is 28.2 Å². The smallest absolute Gasteiger partial charge is 0.394 e. The van der Waals surface area contributed by atoms with Crippen LogP contribution in [0.4, 0.5) is 0 Å². The molecule has 18 nitrogen and oxygen atoms in total. The van der Waals surface area contributed by atoms with Crippen LogP contribution in [0.1, 0.15) is 6.92 Å². The Bertz CT molecular complexity index is 845. The van der Waals surface area contributed by atoms with E-state index in [9.17, 15) is 54.4 Å². The summed E-state index contributed by atoms with van der Waals surface area (Å²) >= 11 is 0. The van der Waals surface area contributed by atoms with Gasteiger partial charge in [0.05, 0.1) is 19.3 Å². The van der Waals surface area contributed by atoms with Crippen molar-refractivity contribution in [2.75, 3.05) is 13.2 Å². The third kappa shape index (κ3) is 6.73. The van der Waals surface area contributed by atoms with Crippen LogP contribution in [-0.2, 0) is 38.3 Å². The van der Waals surface area contributed by atoms with Gasteiger partial charge < -0.3 is 69.6 Å². The molecule has 3 heterocycles. The van der Waals surface area contributed by atoms with Gasteiger partial charge in [-0.15, -0.1) is 0 Å². The number of aliphatic hydroxyl groups is 9. The van der Waals surface area contributed by atoms with Crippen molar-refractivity contribution in [3.8, 4) is 0 Å². The van der Waals surface area contributed by atoms with Gasteiger partial charge >= 0.3 is 10.4 Å². The lowest BCUT2D eigenvalue weighted by molar-refractivity contribution is -0.385. The zero-order chi connectivity index (χ0) is 27.8. The highest BCUT2D eigenvalue weighted by Gasteiger charge is 2.54. The normalized spacial score (nSPS) is 49.6. The minimum absolute atomic E-state index is 0.851. The van der Waals surface area contributed by atoms with Crippen LogP contribution in [0.2, 0.25) is 0 Å². The van der Waals surface area contributed by atoms with Crippen LogP contribution in [0.5, 0.6) is 0 Å². The van der Waals surface area contributed by atoms with Gasteiger partial charge in [0.15, 0.2) is 18.9 Å². The van der Waals surface area contributed by atoms with Crippen molar-refractivity contribution in [1.29, 1.82) is 0 Å². The maximum atomic E-state index is 11.2. The highest BCUT2D eigenvalue weighted by molar-refractivity contribution is 7.80. The molecule has 37 heavy (non-hydrogen) atoms. The van der Waals surface area contributed by atoms with Gasteiger partial charge in [-0.2, -0.15) is 8.42 Å². The van der Waals surface area contributed by atoms with E-state index in [0.717, 1.165) is 0 Å². The molecule has 0 amide bonds. The van der Waals surface area contributed by atoms with Crippen LogP contribution in [0, 0.1) is 0 Å². The molecular formula is C18H32O18S. The summed E-state index contributed by atoms with van der Waals surface area (Å²) in [6.07, 6.45) is -26.7. The highest BCUT2D eigenvalue weighted by atomic mass is 32.3. The molecule has 218 valence electrons. The summed E-state index contributed by atoms with van der Waals surface area (Å²) in [4.78, 5) is 0. The summed E-state index contributed by atoms with van der Waals surface area (Å²) in [6, 6.07) is 0. The van der Waals surface area contributed by atoms with E-state index in [1.165, 1.54) is 6.92 Å². The first-order valence-corrected chi connectivity index (χ1v) is 12.5. The molecule has 3 aliphatic heterocycles. The zero-order valence-electron chi connectivity index (χ0n) is 19.2. The Labute approximate surface area is 210 Å². The zero-order valence-corrected chi connectivity index (χ0v) is 20.0. The third-order valence-electron chi connectivity index (χ3n) is 6.26. The first-order chi connectivity index (χ1) is 17.2. The molecule has 3 aliphatic rings. The van der Waals surface area contributed by atoms with E-state index >= 15 is 0 Å². The molecule has 10 N–H and O–H groups in total. The van der Waals surface area contributed by atoms with Crippen molar-refractivity contribution in [1.82, 2.24) is 0 Å². The topological polar surface area (TPSA) is 292 Å². The lowest BCUT2D eigenvalue weighted by Crippen LogP contribution is -2.67. The van der Waals surface area contributed by atoms with Crippen LogP contribution in [0.15, 0.2) is 0 Å². The largest absolute Gasteiger partial charge is 0.397 e. The van der Waals surface area contributed by atoms with E-state index in [2.05, 4.69) is 4.18 Å². The Morgan fingerprint density at radius 1 is 0.649 bits per heavy atom. The van der Waals surface area contributed by atoms with Crippen LogP contribution < -0.4 is 0 Å². The minimum Gasteiger partial charge on any atom is -0.394 e. The van der Waals surface area contributed by atoms with Crippen molar-refractivity contribution in [2.24, 2.45) is 0 Å². The molecule has 0 unspecified atom stereocenters. The van der Waals surface area contributed by atoms with E-state index in [1.54, 1.807) is 0 Å². The van der Waals surface area contributed by atoms with Gasteiger partial charge in [-0.25, -0.2) is 4.18 Å². The SMILES string of the molecule is C[C@@H]1O[C@@H](O[C@H]2[C@H](O[C@@H]3O[C@H](CO)[C@H](O)[C@H](OS(=O)(=O)O)[C@@H]3O)[C@@H](O)[C@@H](CO)O[C@@H]2O)[C@@H](O)[C@H](O)[C@@H]1O. The first kappa shape index (κ1) is 30.8. The number of rotatable bonds is 8. The molecule has 3 saturated heterocycles. The van der Waals surface area contributed by atoms with E-state index < -0.39 is 116 Å². The number of aliphatic hydroxyl groups excluding tert-OH is 9. The van der Waals surface area contributed by atoms with Crippen molar-refractivity contribution in [3.05, 3.63) is 0 Å². The lowest BCUT2D eigenvalue weighted by atomic mass is 9.96. The standard InChI is InChI=1S/C18H32O18S/c1-4-7(21)10(24)11(25)17(31-4)35-15-14(9(23)5(2-19)32-16(15)27)34-18-12(26)13(36-37(28,29)30)8(22)6(3-20)33-18/h4-27H,2-3H2,1H3,(H,28,29,30)/t4-,5+,6+,7+,8-,9-,10+,11-,12-,13-,14+,15-,16-,17-,18-/m0/s1. The Morgan fingerprint density at radius 2 is 1.16 bits per heavy atom. The monoisotopic (exact) mass is 568 g/mol. The summed E-state index contributed by atoms with van der Waals surface area (Å²) in [5.41, 5.74) is 0. The van der Waals surface area contributed by atoms with Crippen molar-refractivity contribution < 1.29 is 86.8 Å². The number of ether oxygens (including phenoxy) is 5. The molecular weight excluding hydrogens is 536 g/mol. The Balaban J connectivity index is 1.87. The van der Waals surface area contributed by atoms with Gasteiger partial charge in [0.2, 0.25) is 0 Å². The lowest BCUT2D eigenvalue weighted by Gasteiger charge is -2.48. The molecule has 0 radical (unpaired) electrons. The second-order valence-corrected chi connectivity index (χ2v) is 9.86. The van der Waals surface area contributed by atoms with Crippen molar-refractivity contribution in [3.63, 3.8) is 0 Å². The fourth-order valence-electron chi connectivity index (χ4n) is 4.21. The molecule has 0 spiro atoms. The maximum Gasteiger partial charge on any atom is 0.397 e. The maximum absolute atomic E-state index is 11.2. The van der Waals surface area contributed by atoms with E-state index in [-0.39, 0.29) is 0 Å². The molecule has 19 heteroatoms. The summed E-state index contributed by atoms with van der Waals surface area (Å²) in [5.74, 6) is 0. The molecule has 0 bridgehead atoms. The van der Waals surface area contributed by atoms with Crippen LogP contribution >= 0.6 is 0 Å². The fraction of sp³-hybridized carbons (Fsp3) is 1.00. The van der Waals surface area contributed by atoms with E-state index in [1.807, 2.05) is 0 Å². The van der Waals surface area contributed by atoms with E-state index in [0.29, 0.717) is 0 Å². The van der Waals surface area contributed by atoms with Crippen molar-refractivity contribution in [2.45, 2.75) is 99.0 Å². The van der Waals surface area contributed by atoms with Gasteiger partial charge in [0.1, 0.15) is 67.1 Å². The van der Waals surface area contributed by atoms with Crippen molar-refractivity contribution >= 4 is 10.4 Å². The second kappa shape index (κ2) is 12.2. The average molecular weight is 569 g/mol. The van der Waals surface area contributed by atoms with Crippen LogP contribution in [-0.4, -0.2) is 164 Å². The Hall–Kier alpha value is -0.690. The predicted molar refractivity (Wildman–Crippen MR) is 110 cm³/mol. The summed E-state index contributed by atoms with van der Waals surface area (Å²) in [6.45, 7) is -0.455. The molecule has 0 aromatic heterocycles. The summed E-state index contributed by atoms with van der Waals surface area (Å²) in [5, 5.41) is 91.0. The van der Waals surface area contributed by atoms with Crippen LogP contribution in [0.25, 0.3) is 0 Å². The molecule has 0 aromatic rings. The third-order valence-corrected chi connectivity index (χ3v) is 6.73. The highest BCUT2D eigenvalue weighted by Crippen LogP contribution is 2.33. The molecule has 15 atom stereocenters. The average Bonchev–Trinajstić information content (AvgIpc) is 2.83. The van der Waals surface area contributed by atoms with Crippen LogP contribution in [0.3, 0.4) is 0 Å². The first-order valence-electron chi connectivity index (χ1n) is 11.1. The van der Waals surface area contributed by atoms with Gasteiger partial charge in [-0.3, -0.25) is 4.55 Å². The van der Waals surface area contributed by atoms with Gasteiger partial charge in [0, 0.05) is 0 Å². The molecule has 3 fully saturated rings. The van der Waals surface area contributed by atoms with Gasteiger partial charge in [0.25, 0.3) is 0 Å². The van der Waals surface area contributed by atoms with Gasteiger partial charge in [-0.1, -0.05) is 0 Å².